The highest BCUT2D eigenvalue weighted by molar-refractivity contribution is 6.21. The summed E-state index contributed by atoms with van der Waals surface area (Å²) >= 11 is 4.63. The fourth-order valence-corrected chi connectivity index (χ4v) is 1.32. The first-order valence-electron chi connectivity index (χ1n) is 4.68. The monoisotopic (exact) mass is 265 g/mol. The second-order valence-electron chi connectivity index (χ2n) is 3.50. The van der Waals surface area contributed by atoms with Crippen LogP contribution in [0.5, 0.6) is 0 Å². The minimum Gasteiger partial charge on any atom is -0.369 e. The van der Waals surface area contributed by atoms with Gasteiger partial charge in [0.25, 0.3) is 5.69 Å². The molecule has 0 heterocycles. The molecule has 0 saturated carbocycles. The summed E-state index contributed by atoms with van der Waals surface area (Å²) in [5, 5.41) is 7.25. The van der Waals surface area contributed by atoms with Gasteiger partial charge in [-0.25, -0.2) is 0 Å². The van der Waals surface area contributed by atoms with Gasteiger partial charge in [-0.3, -0.25) is 10.1 Å². The minimum absolute atomic E-state index is 0.150. The quantitative estimate of drug-likeness (QED) is 0.466. The molecule has 1 rings (SSSR count). The van der Waals surface area contributed by atoms with Crippen LogP contribution in [0.25, 0.3) is 0 Å². The molecule has 0 unspecified atom stereocenters. The van der Waals surface area contributed by atoms with Crippen LogP contribution >= 0.6 is 11.6 Å². The lowest BCUT2D eigenvalue weighted by Gasteiger charge is -2.09. The van der Waals surface area contributed by atoms with Gasteiger partial charge in [-0.2, -0.15) is 8.78 Å². The fraction of sp³-hybridized carbons (Fsp3) is 0.400. The van der Waals surface area contributed by atoms with Crippen molar-refractivity contribution in [3.8, 4) is 0 Å². The summed E-state index contributed by atoms with van der Waals surface area (Å²) in [7, 11) is 0. The summed E-state index contributed by atoms with van der Waals surface area (Å²) < 4.78 is 29.1. The number of benzene rings is 1. The molecule has 94 valence electrons. The van der Waals surface area contributed by atoms with Crippen molar-refractivity contribution in [1.29, 1.82) is 0 Å². The van der Waals surface area contributed by atoms with Gasteiger partial charge in [0.2, 0.25) is 0 Å². The first-order chi connectivity index (χ1) is 7.79. The second-order valence-corrected chi connectivity index (χ2v) is 4.05. The van der Waals surface area contributed by atoms with E-state index in [2.05, 4.69) is 16.3 Å². The van der Waals surface area contributed by atoms with Crippen LogP contribution in [0.15, 0.2) is 18.2 Å². The van der Waals surface area contributed by atoms with E-state index in [9.17, 15) is 18.9 Å². The van der Waals surface area contributed by atoms with E-state index in [1.165, 1.54) is 12.1 Å². The van der Waals surface area contributed by atoms with E-state index in [4.69, 9.17) is 0 Å². The van der Waals surface area contributed by atoms with Crippen LogP contribution in [-0.4, -0.2) is 16.9 Å². The number of nitrogens with zero attached hydrogens (tertiary/aromatic N) is 1. The molecule has 7 heteroatoms. The Labute approximate surface area is 101 Å². The van der Waals surface area contributed by atoms with Crippen LogP contribution in [0.4, 0.5) is 14.5 Å². The molecule has 0 aliphatic heterocycles. The summed E-state index contributed by atoms with van der Waals surface area (Å²) in [6, 6.07) is 4.47. The van der Waals surface area contributed by atoms with Gasteiger partial charge in [0.15, 0.2) is 0 Å². The zero-order valence-electron chi connectivity index (χ0n) is 8.95. The standard InChI is InChI=1S/C10H10ClF2NO3/c1-7-2-3-8(9(4-7)14(15)16)5-17-6-10(11,12)13/h2-4H,5-6H2,1H3. The van der Waals surface area contributed by atoms with Gasteiger partial charge < -0.3 is 4.74 Å². The van der Waals surface area contributed by atoms with Gasteiger partial charge in [0.05, 0.1) is 17.1 Å². The Morgan fingerprint density at radius 3 is 2.71 bits per heavy atom. The third-order valence-corrected chi connectivity index (χ3v) is 2.07. The van der Waals surface area contributed by atoms with Crippen LogP contribution in [0.1, 0.15) is 11.1 Å². The van der Waals surface area contributed by atoms with E-state index in [0.29, 0.717) is 5.56 Å². The highest BCUT2D eigenvalue weighted by atomic mass is 35.5. The van der Waals surface area contributed by atoms with Crippen LogP contribution < -0.4 is 0 Å². The molecule has 1 aromatic carbocycles. The van der Waals surface area contributed by atoms with E-state index in [1.807, 2.05) is 0 Å². The lowest BCUT2D eigenvalue weighted by Crippen LogP contribution is -2.15. The van der Waals surface area contributed by atoms with Crippen molar-refractivity contribution in [3.05, 3.63) is 39.4 Å². The summed E-state index contributed by atoms with van der Waals surface area (Å²) in [6.45, 7) is 0.434. The second kappa shape index (κ2) is 5.37. The molecule has 0 aliphatic carbocycles. The average Bonchev–Trinajstić information content (AvgIpc) is 2.18. The number of nitro groups is 1. The van der Waals surface area contributed by atoms with E-state index in [1.54, 1.807) is 13.0 Å². The van der Waals surface area contributed by atoms with Crippen molar-refractivity contribution in [1.82, 2.24) is 0 Å². The van der Waals surface area contributed by atoms with Crippen molar-refractivity contribution in [2.75, 3.05) is 6.61 Å². The van der Waals surface area contributed by atoms with Gasteiger partial charge in [-0.1, -0.05) is 6.07 Å². The Morgan fingerprint density at radius 2 is 2.18 bits per heavy atom. The number of alkyl halides is 3. The molecule has 0 bridgehead atoms. The number of nitro benzene ring substituents is 1. The summed E-state index contributed by atoms with van der Waals surface area (Å²) in [6.07, 6.45) is 0. The van der Waals surface area contributed by atoms with Crippen LogP contribution in [0.2, 0.25) is 0 Å². The first kappa shape index (κ1) is 13.8. The molecule has 0 aromatic heterocycles. The molecular weight excluding hydrogens is 256 g/mol. The smallest absolute Gasteiger partial charge is 0.344 e. The molecule has 1 aromatic rings. The number of hydrogen-bond acceptors (Lipinski definition) is 3. The Balaban J connectivity index is 2.74. The minimum atomic E-state index is -3.46. The number of aryl methyl sites for hydroxylation is 1. The summed E-state index contributed by atoms with van der Waals surface area (Å²) in [5.41, 5.74) is 0.799. The first-order valence-corrected chi connectivity index (χ1v) is 5.06. The molecule has 4 nitrogen and oxygen atoms in total. The zero-order valence-corrected chi connectivity index (χ0v) is 9.71. The van der Waals surface area contributed by atoms with Crippen LogP contribution in [0, 0.1) is 17.0 Å². The predicted octanol–water partition coefficient (Wildman–Crippen LogP) is 3.25. The van der Waals surface area contributed by atoms with Crippen LogP contribution in [0.3, 0.4) is 0 Å². The van der Waals surface area contributed by atoms with Gasteiger partial charge >= 0.3 is 5.38 Å². The maximum Gasteiger partial charge on any atom is 0.344 e. The van der Waals surface area contributed by atoms with Crippen molar-refractivity contribution in [3.63, 3.8) is 0 Å². The molecule has 0 aliphatic rings. The van der Waals surface area contributed by atoms with Crippen molar-refractivity contribution >= 4 is 17.3 Å². The predicted molar refractivity (Wildman–Crippen MR) is 58.3 cm³/mol. The highest BCUT2D eigenvalue weighted by Gasteiger charge is 2.25. The average molecular weight is 266 g/mol. The van der Waals surface area contributed by atoms with E-state index in [0.717, 1.165) is 0 Å². The Bertz CT molecular complexity index is 421. The molecule has 17 heavy (non-hydrogen) atoms. The summed E-state index contributed by atoms with van der Waals surface area (Å²) in [4.78, 5) is 10.1. The van der Waals surface area contributed by atoms with Crippen LogP contribution in [-0.2, 0) is 11.3 Å². The van der Waals surface area contributed by atoms with E-state index in [-0.39, 0.29) is 17.9 Å². The third-order valence-electron chi connectivity index (χ3n) is 1.96. The third kappa shape index (κ3) is 4.62. The highest BCUT2D eigenvalue weighted by Crippen LogP contribution is 2.23. The Kier molecular flexibility index (Phi) is 4.36. The molecule has 0 spiro atoms. The maximum absolute atomic E-state index is 12.3. The lowest BCUT2D eigenvalue weighted by atomic mass is 10.1. The maximum atomic E-state index is 12.3. The largest absolute Gasteiger partial charge is 0.369 e. The lowest BCUT2D eigenvalue weighted by molar-refractivity contribution is -0.386. The molecular formula is C10H10ClF2NO3. The molecule has 0 radical (unpaired) electrons. The molecule has 0 amide bonds. The Hall–Kier alpha value is -1.27. The van der Waals surface area contributed by atoms with Gasteiger partial charge in [0, 0.05) is 6.07 Å². The normalized spacial score (nSPS) is 11.5. The molecule has 0 N–H and O–H groups in total. The molecule has 0 fully saturated rings. The number of hydrogen-bond donors (Lipinski definition) is 0. The Morgan fingerprint density at radius 1 is 1.53 bits per heavy atom. The van der Waals surface area contributed by atoms with Gasteiger partial charge in [0.1, 0.15) is 6.61 Å². The van der Waals surface area contributed by atoms with Gasteiger partial charge in [-0.15, -0.1) is 0 Å². The fourth-order valence-electron chi connectivity index (χ4n) is 1.24. The summed E-state index contributed by atoms with van der Waals surface area (Å²) in [5.74, 6) is 0. The van der Waals surface area contributed by atoms with Crippen molar-refractivity contribution < 1.29 is 18.4 Å². The number of ether oxygens (including phenoxy) is 1. The zero-order chi connectivity index (χ0) is 13.1. The van der Waals surface area contributed by atoms with E-state index < -0.39 is 16.9 Å². The number of halogens is 3. The number of rotatable bonds is 5. The van der Waals surface area contributed by atoms with Crippen molar-refractivity contribution in [2.45, 2.75) is 18.9 Å². The molecule has 0 saturated heterocycles. The van der Waals surface area contributed by atoms with Gasteiger partial charge in [-0.05, 0) is 30.2 Å². The SMILES string of the molecule is Cc1ccc(COCC(F)(F)Cl)c([N+](=O)[O-])c1. The molecule has 0 atom stereocenters. The van der Waals surface area contributed by atoms with Crippen molar-refractivity contribution in [2.24, 2.45) is 0 Å². The van der Waals surface area contributed by atoms with E-state index >= 15 is 0 Å². The topological polar surface area (TPSA) is 52.4 Å².